The predicted molar refractivity (Wildman–Crippen MR) is 70.8 cm³/mol. The molecule has 4 heteroatoms. The third kappa shape index (κ3) is 2.96. The molecular weight excluding hydrogens is 246 g/mol. The molecule has 1 unspecified atom stereocenters. The van der Waals surface area contributed by atoms with Crippen molar-refractivity contribution in [3.05, 3.63) is 65.0 Å². The summed E-state index contributed by atoms with van der Waals surface area (Å²) >= 11 is 0. The van der Waals surface area contributed by atoms with Crippen LogP contribution in [0.25, 0.3) is 0 Å². The lowest BCUT2D eigenvalue weighted by Gasteiger charge is -2.19. The highest BCUT2D eigenvalue weighted by molar-refractivity contribution is 5.29. The van der Waals surface area contributed by atoms with Gasteiger partial charge in [-0.1, -0.05) is 6.07 Å². The molecule has 2 aromatic rings. The van der Waals surface area contributed by atoms with Gasteiger partial charge in [-0.3, -0.25) is 4.98 Å². The number of benzene rings is 1. The molecule has 1 N–H and O–H groups in total. The van der Waals surface area contributed by atoms with Crippen molar-refractivity contribution >= 4 is 0 Å². The van der Waals surface area contributed by atoms with Crippen LogP contribution in [0.1, 0.15) is 22.7 Å². The average molecular weight is 262 g/mol. The van der Waals surface area contributed by atoms with Gasteiger partial charge in [-0.2, -0.15) is 0 Å². The lowest BCUT2D eigenvalue weighted by molar-refractivity contribution is 0.513. The molecule has 0 aliphatic carbocycles. The number of rotatable bonds is 4. The highest BCUT2D eigenvalue weighted by atomic mass is 19.1. The Labute approximate surface area is 111 Å². The third-order valence-corrected chi connectivity index (χ3v) is 3.27. The van der Waals surface area contributed by atoms with E-state index in [0.29, 0.717) is 0 Å². The largest absolute Gasteiger partial charge is 0.313 e. The fourth-order valence-electron chi connectivity index (χ4n) is 2.14. The van der Waals surface area contributed by atoms with E-state index in [1.807, 2.05) is 13.0 Å². The van der Waals surface area contributed by atoms with Crippen LogP contribution in [0.4, 0.5) is 8.78 Å². The first-order valence-corrected chi connectivity index (χ1v) is 6.14. The summed E-state index contributed by atoms with van der Waals surface area (Å²) in [6, 6.07) is 5.65. The second-order valence-corrected chi connectivity index (χ2v) is 4.48. The van der Waals surface area contributed by atoms with Crippen LogP contribution in [0.5, 0.6) is 0 Å². The second kappa shape index (κ2) is 5.89. The van der Waals surface area contributed by atoms with E-state index in [9.17, 15) is 8.78 Å². The van der Waals surface area contributed by atoms with Gasteiger partial charge in [0.15, 0.2) is 0 Å². The molecule has 1 atom stereocenters. The zero-order valence-corrected chi connectivity index (χ0v) is 11.0. The Morgan fingerprint density at radius 3 is 2.47 bits per heavy atom. The summed E-state index contributed by atoms with van der Waals surface area (Å²) in [7, 11) is 1.77. The Morgan fingerprint density at radius 2 is 1.89 bits per heavy atom. The molecule has 0 spiro atoms. The van der Waals surface area contributed by atoms with E-state index in [1.165, 1.54) is 18.2 Å². The number of likely N-dealkylation sites (N-methyl/N-ethyl adjacent to an activating group) is 1. The van der Waals surface area contributed by atoms with Crippen LogP contribution in [-0.4, -0.2) is 12.0 Å². The van der Waals surface area contributed by atoms with Crippen LogP contribution in [0, 0.1) is 18.6 Å². The van der Waals surface area contributed by atoms with Crippen LogP contribution >= 0.6 is 0 Å². The van der Waals surface area contributed by atoms with Crippen molar-refractivity contribution in [2.24, 2.45) is 0 Å². The van der Waals surface area contributed by atoms with Crippen molar-refractivity contribution in [3.63, 3.8) is 0 Å². The Morgan fingerprint density at radius 1 is 1.21 bits per heavy atom. The van der Waals surface area contributed by atoms with Gasteiger partial charge in [-0.05, 0) is 49.7 Å². The van der Waals surface area contributed by atoms with Crippen LogP contribution < -0.4 is 5.32 Å². The van der Waals surface area contributed by atoms with Crippen molar-refractivity contribution < 1.29 is 8.78 Å². The molecule has 0 radical (unpaired) electrons. The van der Waals surface area contributed by atoms with Crippen molar-refractivity contribution in [1.82, 2.24) is 10.3 Å². The van der Waals surface area contributed by atoms with Crippen molar-refractivity contribution in [3.8, 4) is 0 Å². The molecule has 2 nitrogen and oxygen atoms in total. The molecule has 0 aliphatic heterocycles. The first-order valence-electron chi connectivity index (χ1n) is 6.14. The highest BCUT2D eigenvalue weighted by Crippen LogP contribution is 2.23. The van der Waals surface area contributed by atoms with Gasteiger partial charge in [0.05, 0.1) is 0 Å². The average Bonchev–Trinajstić information content (AvgIpc) is 2.40. The quantitative estimate of drug-likeness (QED) is 0.915. The van der Waals surface area contributed by atoms with Crippen molar-refractivity contribution in [1.29, 1.82) is 0 Å². The Balaban J connectivity index is 2.32. The maximum Gasteiger partial charge on any atom is 0.129 e. The van der Waals surface area contributed by atoms with Crippen LogP contribution in [0.3, 0.4) is 0 Å². The summed E-state index contributed by atoms with van der Waals surface area (Å²) in [5.41, 5.74) is 2.10. The molecule has 0 bridgehead atoms. The maximum absolute atomic E-state index is 13.7. The number of aryl methyl sites for hydroxylation is 1. The molecule has 2 rings (SSSR count). The molecule has 0 saturated heterocycles. The minimum absolute atomic E-state index is 0.102. The maximum atomic E-state index is 13.7. The lowest BCUT2D eigenvalue weighted by atomic mass is 9.96. The Bertz CT molecular complexity index is 550. The summed E-state index contributed by atoms with van der Waals surface area (Å²) < 4.78 is 27.4. The third-order valence-electron chi connectivity index (χ3n) is 3.27. The monoisotopic (exact) mass is 262 g/mol. The standard InChI is InChI=1S/C15H16F2N2/c1-10-6-7-19-9-12(10)15(18-2)8-11-13(16)4-3-5-14(11)17/h3-7,9,15,18H,8H2,1-2H3. The number of hydrogen-bond donors (Lipinski definition) is 1. The first-order chi connectivity index (χ1) is 9.13. The molecule has 0 aliphatic rings. The van der Waals surface area contributed by atoms with Gasteiger partial charge >= 0.3 is 0 Å². The number of nitrogens with one attached hydrogen (secondary N) is 1. The first kappa shape index (κ1) is 13.6. The number of hydrogen-bond acceptors (Lipinski definition) is 2. The van der Waals surface area contributed by atoms with E-state index in [1.54, 1.807) is 19.4 Å². The smallest absolute Gasteiger partial charge is 0.129 e. The molecule has 1 aromatic heterocycles. The molecule has 19 heavy (non-hydrogen) atoms. The van der Waals surface area contributed by atoms with Gasteiger partial charge in [0, 0.05) is 24.0 Å². The van der Waals surface area contributed by atoms with E-state index in [4.69, 9.17) is 0 Å². The number of nitrogens with zero attached hydrogens (tertiary/aromatic N) is 1. The van der Waals surface area contributed by atoms with E-state index >= 15 is 0 Å². The normalized spacial score (nSPS) is 12.4. The number of halogens is 2. The fourth-order valence-corrected chi connectivity index (χ4v) is 2.14. The van der Waals surface area contributed by atoms with Crippen LogP contribution in [0.15, 0.2) is 36.7 Å². The van der Waals surface area contributed by atoms with Crippen LogP contribution in [0.2, 0.25) is 0 Å². The van der Waals surface area contributed by atoms with Crippen molar-refractivity contribution in [2.75, 3.05) is 7.05 Å². The minimum atomic E-state index is -0.512. The van der Waals surface area contributed by atoms with E-state index in [2.05, 4.69) is 10.3 Å². The fraction of sp³-hybridized carbons (Fsp3) is 0.267. The zero-order chi connectivity index (χ0) is 13.8. The molecular formula is C15H16F2N2. The molecule has 100 valence electrons. The summed E-state index contributed by atoms with van der Waals surface area (Å²) in [6.45, 7) is 1.96. The van der Waals surface area contributed by atoms with Gasteiger partial charge in [0.1, 0.15) is 11.6 Å². The topological polar surface area (TPSA) is 24.9 Å². The Kier molecular flexibility index (Phi) is 4.22. The lowest BCUT2D eigenvalue weighted by Crippen LogP contribution is -2.21. The van der Waals surface area contributed by atoms with E-state index in [0.717, 1.165) is 11.1 Å². The van der Waals surface area contributed by atoms with E-state index in [-0.39, 0.29) is 18.0 Å². The number of pyridine rings is 1. The summed E-state index contributed by atoms with van der Waals surface area (Å²) in [6.07, 6.45) is 3.69. The van der Waals surface area contributed by atoms with Gasteiger partial charge in [0.25, 0.3) is 0 Å². The number of aromatic nitrogens is 1. The summed E-state index contributed by atoms with van der Waals surface area (Å²) in [5, 5.41) is 3.09. The van der Waals surface area contributed by atoms with Gasteiger partial charge in [-0.15, -0.1) is 0 Å². The van der Waals surface area contributed by atoms with Gasteiger partial charge in [-0.25, -0.2) is 8.78 Å². The van der Waals surface area contributed by atoms with E-state index < -0.39 is 11.6 Å². The zero-order valence-electron chi connectivity index (χ0n) is 11.0. The van der Waals surface area contributed by atoms with Gasteiger partial charge < -0.3 is 5.32 Å². The predicted octanol–water partition coefficient (Wildman–Crippen LogP) is 3.17. The van der Waals surface area contributed by atoms with Crippen LogP contribution in [-0.2, 0) is 6.42 Å². The molecule has 0 saturated carbocycles. The summed E-state index contributed by atoms with van der Waals surface area (Å²) in [5.74, 6) is -1.02. The minimum Gasteiger partial charge on any atom is -0.313 e. The molecule has 0 amide bonds. The SMILES string of the molecule is CNC(Cc1c(F)cccc1F)c1cnccc1C. The van der Waals surface area contributed by atoms with Gasteiger partial charge in [0.2, 0.25) is 0 Å². The van der Waals surface area contributed by atoms with Crippen molar-refractivity contribution in [2.45, 2.75) is 19.4 Å². The molecule has 1 heterocycles. The molecule has 0 fully saturated rings. The highest BCUT2D eigenvalue weighted by Gasteiger charge is 2.17. The second-order valence-electron chi connectivity index (χ2n) is 4.48. The Hall–Kier alpha value is -1.81. The summed E-state index contributed by atoms with van der Waals surface area (Å²) in [4.78, 5) is 4.07. The molecule has 1 aromatic carbocycles.